The lowest BCUT2D eigenvalue weighted by molar-refractivity contribution is 0.0652. The number of methoxy groups -OCH3 is 1. The number of benzene rings is 2. The zero-order valence-electron chi connectivity index (χ0n) is 21.0. The summed E-state index contributed by atoms with van der Waals surface area (Å²) in [5.41, 5.74) is 2.07. The van der Waals surface area contributed by atoms with Crippen LogP contribution >= 0.6 is 11.3 Å². The lowest BCUT2D eigenvalue weighted by Gasteiger charge is -2.26. The number of carbonyl (C=O) groups is 2. The maximum absolute atomic E-state index is 14.1. The molecule has 0 radical (unpaired) electrons. The molecule has 1 aliphatic rings. The first-order valence-corrected chi connectivity index (χ1v) is 13.5. The maximum Gasteiger partial charge on any atom is 0.181 e. The van der Waals surface area contributed by atoms with Crippen molar-refractivity contribution in [1.82, 2.24) is 4.98 Å². The number of hydrogen-bond donors (Lipinski definition) is 1. The van der Waals surface area contributed by atoms with Gasteiger partial charge in [0.1, 0.15) is 11.5 Å². The minimum atomic E-state index is -0.283. The van der Waals surface area contributed by atoms with Gasteiger partial charge in [-0.3, -0.25) is 9.59 Å². The second-order valence-corrected chi connectivity index (χ2v) is 10.3. The number of hydrogen-bond acceptors (Lipinski definition) is 7. The number of fused-ring (bicyclic) bond motifs is 1. The second-order valence-electron chi connectivity index (χ2n) is 9.43. The summed E-state index contributed by atoms with van der Waals surface area (Å²) >= 11 is 1.30. The molecule has 0 aliphatic heterocycles. The Hall–Kier alpha value is -3.62. The third-order valence-electron chi connectivity index (χ3n) is 6.86. The topological polar surface area (TPSA) is 85.7 Å². The predicted molar refractivity (Wildman–Crippen MR) is 145 cm³/mol. The van der Waals surface area contributed by atoms with E-state index in [9.17, 15) is 19.1 Å². The molecule has 0 unspecified atom stereocenters. The highest BCUT2D eigenvalue weighted by Gasteiger charge is 2.22. The molecule has 196 valence electrons. The van der Waals surface area contributed by atoms with Crippen LogP contribution in [0.15, 0.2) is 60.0 Å². The highest BCUT2D eigenvalue weighted by Crippen LogP contribution is 2.35. The fourth-order valence-corrected chi connectivity index (χ4v) is 5.71. The van der Waals surface area contributed by atoms with Crippen molar-refractivity contribution >= 4 is 33.0 Å². The number of aliphatic hydroxyl groups excluding tert-OH is 1. The minimum Gasteiger partial charge on any atom is -0.493 e. The molecular weight excluding hydrogens is 505 g/mol. The monoisotopic (exact) mass is 533 g/mol. The number of rotatable bonds is 9. The number of Topliss-reactive ketones (excluding diaryl/α,β-unsaturated/α-hetero) is 2. The molecule has 1 fully saturated rings. The average Bonchev–Trinajstić information content (AvgIpc) is 3.38. The van der Waals surface area contributed by atoms with Crippen molar-refractivity contribution in [3.8, 4) is 22.8 Å². The molecule has 6 nitrogen and oxygen atoms in total. The second kappa shape index (κ2) is 11.4. The minimum absolute atomic E-state index is 0.000768. The Morgan fingerprint density at radius 3 is 2.55 bits per heavy atom. The van der Waals surface area contributed by atoms with Gasteiger partial charge >= 0.3 is 0 Å². The predicted octanol–water partition coefficient (Wildman–Crippen LogP) is 6.64. The van der Waals surface area contributed by atoms with Gasteiger partial charge in [0.05, 0.1) is 29.7 Å². The molecule has 38 heavy (non-hydrogen) atoms. The number of nitrogens with zero attached hydrogens (tertiary/aromatic N) is 1. The third-order valence-corrected chi connectivity index (χ3v) is 7.87. The van der Waals surface area contributed by atoms with E-state index < -0.39 is 0 Å². The Morgan fingerprint density at radius 1 is 1.00 bits per heavy atom. The van der Waals surface area contributed by atoms with Crippen LogP contribution in [0.1, 0.15) is 59.4 Å². The molecule has 1 saturated carbocycles. The van der Waals surface area contributed by atoms with E-state index in [1.54, 1.807) is 42.5 Å². The zero-order chi connectivity index (χ0) is 26.6. The number of ketones is 2. The van der Waals surface area contributed by atoms with Crippen LogP contribution in [-0.2, 0) is 0 Å². The molecule has 2 aromatic heterocycles. The Morgan fingerprint density at radius 2 is 1.76 bits per heavy atom. The summed E-state index contributed by atoms with van der Waals surface area (Å²) in [6.45, 7) is 0. The summed E-state index contributed by atoms with van der Waals surface area (Å²) in [5.74, 6) is 0.316. The van der Waals surface area contributed by atoms with E-state index >= 15 is 0 Å². The summed E-state index contributed by atoms with van der Waals surface area (Å²) in [6.07, 6.45) is 2.72. The zero-order valence-corrected chi connectivity index (χ0v) is 21.8. The van der Waals surface area contributed by atoms with Crippen molar-refractivity contribution in [2.45, 2.75) is 50.7 Å². The first-order chi connectivity index (χ1) is 18.4. The standard InChI is InChI=1S/C30H28FNO5S/c1-36-29-16-18(8-15-28(29)37-20-11-9-19(33)10-12-20)26(34)13-14-27(35)25-7-3-6-24(32-25)22-17-38-30-21(22)4-2-5-23(30)31/h2-8,15-17,19-20,33H,9-14H2,1H3. The van der Waals surface area contributed by atoms with Gasteiger partial charge < -0.3 is 14.6 Å². The maximum atomic E-state index is 14.1. The van der Waals surface area contributed by atoms with Crippen molar-refractivity contribution in [3.63, 3.8) is 0 Å². The van der Waals surface area contributed by atoms with Crippen LogP contribution in [0.3, 0.4) is 0 Å². The van der Waals surface area contributed by atoms with Crippen LogP contribution in [0.2, 0.25) is 0 Å². The van der Waals surface area contributed by atoms with E-state index in [1.807, 2.05) is 11.4 Å². The van der Waals surface area contributed by atoms with Crippen molar-refractivity contribution in [2.24, 2.45) is 0 Å². The first-order valence-electron chi connectivity index (χ1n) is 12.6. The van der Waals surface area contributed by atoms with Crippen molar-refractivity contribution in [3.05, 3.63) is 77.1 Å². The summed E-state index contributed by atoms with van der Waals surface area (Å²) in [7, 11) is 1.52. The van der Waals surface area contributed by atoms with Crippen LogP contribution in [0.5, 0.6) is 11.5 Å². The number of thiophene rings is 1. The Bertz CT molecular complexity index is 1470. The molecule has 1 aliphatic carbocycles. The van der Waals surface area contributed by atoms with Crippen LogP contribution in [0, 0.1) is 5.82 Å². The van der Waals surface area contributed by atoms with Gasteiger partial charge in [-0.15, -0.1) is 11.3 Å². The highest BCUT2D eigenvalue weighted by atomic mass is 32.1. The van der Waals surface area contributed by atoms with E-state index in [4.69, 9.17) is 9.47 Å². The number of pyridine rings is 1. The lowest BCUT2D eigenvalue weighted by atomic mass is 9.95. The fraction of sp³-hybridized carbons (Fsp3) is 0.300. The molecule has 0 saturated heterocycles. The van der Waals surface area contributed by atoms with Crippen LogP contribution < -0.4 is 9.47 Å². The molecule has 2 aromatic carbocycles. The Balaban J connectivity index is 1.24. The van der Waals surface area contributed by atoms with Gasteiger partial charge in [-0.2, -0.15) is 0 Å². The quantitative estimate of drug-likeness (QED) is 0.243. The van der Waals surface area contributed by atoms with E-state index in [0.29, 0.717) is 40.3 Å². The Labute approximate surface area is 224 Å². The molecule has 0 spiro atoms. The normalized spacial score (nSPS) is 17.3. The number of halogens is 1. The van der Waals surface area contributed by atoms with Gasteiger partial charge in [0.15, 0.2) is 23.1 Å². The molecule has 1 N–H and O–H groups in total. The molecule has 2 heterocycles. The number of carbonyl (C=O) groups excluding carboxylic acids is 2. The molecule has 4 aromatic rings. The average molecular weight is 534 g/mol. The van der Waals surface area contributed by atoms with Crippen LogP contribution in [-0.4, -0.2) is 41.0 Å². The summed E-state index contributed by atoms with van der Waals surface area (Å²) < 4.78 is 26.2. The van der Waals surface area contributed by atoms with Gasteiger partial charge in [0.2, 0.25) is 0 Å². The molecule has 0 amide bonds. The van der Waals surface area contributed by atoms with E-state index in [0.717, 1.165) is 23.8 Å². The van der Waals surface area contributed by atoms with Gasteiger partial charge in [0.25, 0.3) is 0 Å². The number of aromatic nitrogens is 1. The van der Waals surface area contributed by atoms with Crippen molar-refractivity contribution < 1.29 is 28.6 Å². The van der Waals surface area contributed by atoms with Crippen molar-refractivity contribution in [2.75, 3.05) is 7.11 Å². The molecule has 8 heteroatoms. The summed E-state index contributed by atoms with van der Waals surface area (Å²) in [4.78, 5) is 30.3. The van der Waals surface area contributed by atoms with Gasteiger partial charge in [-0.1, -0.05) is 18.2 Å². The Kier molecular flexibility index (Phi) is 7.81. The van der Waals surface area contributed by atoms with Crippen LogP contribution in [0.4, 0.5) is 4.39 Å². The van der Waals surface area contributed by atoms with Gasteiger partial charge in [-0.05, 0) is 62.1 Å². The third kappa shape index (κ3) is 5.61. The number of aliphatic hydroxyl groups is 1. The van der Waals surface area contributed by atoms with Crippen LogP contribution in [0.25, 0.3) is 21.3 Å². The van der Waals surface area contributed by atoms with Gasteiger partial charge in [0, 0.05) is 34.7 Å². The van der Waals surface area contributed by atoms with Gasteiger partial charge in [-0.25, -0.2) is 9.37 Å². The fourth-order valence-electron chi connectivity index (χ4n) is 4.74. The van der Waals surface area contributed by atoms with E-state index in [1.165, 1.54) is 24.5 Å². The summed E-state index contributed by atoms with van der Waals surface area (Å²) in [5, 5.41) is 12.3. The van der Waals surface area contributed by atoms with Crippen molar-refractivity contribution in [1.29, 1.82) is 0 Å². The molecule has 0 atom stereocenters. The molecular formula is C30H28FNO5S. The van der Waals surface area contributed by atoms with E-state index in [2.05, 4.69) is 4.98 Å². The largest absolute Gasteiger partial charge is 0.493 e. The summed E-state index contributed by atoms with van der Waals surface area (Å²) in [6, 6.07) is 15.1. The molecule has 5 rings (SSSR count). The number of ether oxygens (including phenoxy) is 2. The van der Waals surface area contributed by atoms with E-state index in [-0.39, 0.29) is 48.1 Å². The first kappa shape index (κ1) is 26.0. The highest BCUT2D eigenvalue weighted by molar-refractivity contribution is 7.17. The SMILES string of the molecule is COc1cc(C(=O)CCC(=O)c2cccc(-c3csc4c(F)cccc34)n2)ccc1OC1CCC(O)CC1. The lowest BCUT2D eigenvalue weighted by Crippen LogP contribution is -2.26. The smallest absolute Gasteiger partial charge is 0.181 e. The molecule has 0 bridgehead atoms.